The van der Waals surface area contributed by atoms with Crippen LogP contribution in [0.5, 0.6) is 0 Å². The van der Waals surface area contributed by atoms with Crippen molar-refractivity contribution in [3.8, 4) is 6.07 Å². The van der Waals surface area contributed by atoms with Gasteiger partial charge < -0.3 is 10.6 Å². The lowest BCUT2D eigenvalue weighted by Crippen LogP contribution is -2.45. The van der Waals surface area contributed by atoms with Crippen molar-refractivity contribution in [3.63, 3.8) is 0 Å². The molecule has 9 heteroatoms. The Bertz CT molecular complexity index is 1400. The van der Waals surface area contributed by atoms with Gasteiger partial charge in [-0.1, -0.05) is 73.8 Å². The molecule has 198 valence electrons. The first-order valence-corrected chi connectivity index (χ1v) is 13.1. The first kappa shape index (κ1) is 28.3. The van der Waals surface area contributed by atoms with E-state index in [1.807, 2.05) is 20.8 Å². The maximum atomic E-state index is 15.7. The molecule has 0 bridgehead atoms. The molecule has 0 aromatic heterocycles. The number of carbonyl (C=O) groups is 1. The monoisotopic (exact) mass is 575 g/mol. The second kappa shape index (κ2) is 10.8. The summed E-state index contributed by atoms with van der Waals surface area (Å²) in [4.78, 5) is 13.8. The highest BCUT2D eigenvalue weighted by Gasteiger charge is 2.61. The number of benzene rings is 3. The number of hydrogen-bond donors (Lipinski definition) is 2. The van der Waals surface area contributed by atoms with Crippen molar-refractivity contribution in [1.82, 2.24) is 5.32 Å². The summed E-state index contributed by atoms with van der Waals surface area (Å²) < 4.78 is 31.3. The normalized spacial score (nSPS) is 23.2. The quantitative estimate of drug-likeness (QED) is 0.325. The van der Waals surface area contributed by atoms with Gasteiger partial charge in [-0.2, -0.15) is 5.26 Å². The summed E-state index contributed by atoms with van der Waals surface area (Å²) in [5.74, 6) is -3.13. The van der Waals surface area contributed by atoms with Crippen LogP contribution in [0.4, 0.5) is 14.5 Å². The van der Waals surface area contributed by atoms with Gasteiger partial charge >= 0.3 is 0 Å². The summed E-state index contributed by atoms with van der Waals surface area (Å²) in [6, 6.07) is 15.5. The Morgan fingerprint density at radius 1 is 1.05 bits per heavy atom. The molecular formula is C29H26Cl3F2N3O. The molecule has 4 atom stereocenters. The molecule has 0 saturated carbocycles. The number of rotatable bonds is 5. The minimum Gasteiger partial charge on any atom is -0.325 e. The number of anilines is 1. The molecular weight excluding hydrogens is 551 g/mol. The van der Waals surface area contributed by atoms with E-state index < -0.39 is 41.0 Å². The van der Waals surface area contributed by atoms with Crippen molar-refractivity contribution in [2.24, 2.45) is 5.41 Å². The SMILES string of the molecule is CC(C)(C)C[C@H]1N[C@H](C(=O)Nc2ccc(Cl)cc2)[C@@H](c2cccc(Cl)c2F)[C@]1(C#N)c1ccc(Cl)cc1F. The van der Waals surface area contributed by atoms with Gasteiger partial charge in [-0.3, -0.25) is 4.79 Å². The molecule has 3 aromatic rings. The van der Waals surface area contributed by atoms with Crippen molar-refractivity contribution < 1.29 is 13.6 Å². The van der Waals surface area contributed by atoms with Gasteiger partial charge in [0.05, 0.1) is 17.1 Å². The van der Waals surface area contributed by atoms with Gasteiger partial charge in [-0.15, -0.1) is 0 Å². The van der Waals surface area contributed by atoms with E-state index in [0.29, 0.717) is 17.1 Å². The maximum Gasteiger partial charge on any atom is 0.242 e. The summed E-state index contributed by atoms with van der Waals surface area (Å²) in [5.41, 5.74) is -1.49. The predicted molar refractivity (Wildman–Crippen MR) is 148 cm³/mol. The third kappa shape index (κ3) is 5.39. The largest absolute Gasteiger partial charge is 0.325 e. The summed E-state index contributed by atoms with van der Waals surface area (Å²) in [5, 5.41) is 17.4. The Balaban J connectivity index is 1.96. The van der Waals surface area contributed by atoms with Crippen LogP contribution < -0.4 is 10.6 Å². The number of halogens is 5. The number of carbonyl (C=O) groups excluding carboxylic acids is 1. The van der Waals surface area contributed by atoms with Crippen molar-refractivity contribution in [2.45, 2.75) is 50.6 Å². The zero-order valence-electron chi connectivity index (χ0n) is 21.0. The molecule has 38 heavy (non-hydrogen) atoms. The van der Waals surface area contributed by atoms with Crippen molar-refractivity contribution in [2.75, 3.05) is 5.32 Å². The van der Waals surface area contributed by atoms with Crippen LogP contribution in [0.2, 0.25) is 15.1 Å². The molecule has 0 spiro atoms. The molecule has 3 aromatic carbocycles. The second-order valence-electron chi connectivity index (χ2n) is 10.7. The maximum absolute atomic E-state index is 15.7. The van der Waals surface area contributed by atoms with E-state index in [0.717, 1.165) is 6.07 Å². The van der Waals surface area contributed by atoms with Crippen LogP contribution >= 0.6 is 34.8 Å². The summed E-state index contributed by atoms with van der Waals surface area (Å²) in [7, 11) is 0. The Labute approximate surface area is 235 Å². The summed E-state index contributed by atoms with van der Waals surface area (Å²) in [6.45, 7) is 5.93. The lowest BCUT2D eigenvalue weighted by atomic mass is 9.62. The van der Waals surface area contributed by atoms with Gasteiger partial charge in [-0.05, 0) is 59.9 Å². The Hall–Kier alpha value is -2.69. The van der Waals surface area contributed by atoms with Gasteiger partial charge in [0, 0.05) is 33.3 Å². The second-order valence-corrected chi connectivity index (χ2v) is 12.0. The van der Waals surface area contributed by atoms with Gasteiger partial charge in [0.25, 0.3) is 0 Å². The molecule has 1 fully saturated rings. The van der Waals surface area contributed by atoms with Crippen LogP contribution in [-0.2, 0) is 10.2 Å². The van der Waals surface area contributed by atoms with E-state index in [2.05, 4.69) is 16.7 Å². The molecule has 1 saturated heterocycles. The predicted octanol–water partition coefficient (Wildman–Crippen LogP) is 7.89. The fourth-order valence-corrected chi connectivity index (χ4v) is 5.78. The first-order chi connectivity index (χ1) is 17.9. The molecule has 1 heterocycles. The van der Waals surface area contributed by atoms with Crippen LogP contribution in [0, 0.1) is 28.4 Å². The lowest BCUT2D eigenvalue weighted by Gasteiger charge is -2.37. The van der Waals surface area contributed by atoms with Crippen LogP contribution in [0.25, 0.3) is 0 Å². The molecule has 1 aliphatic rings. The van der Waals surface area contributed by atoms with Gasteiger partial charge in [0.1, 0.15) is 17.0 Å². The van der Waals surface area contributed by atoms with Gasteiger partial charge in [0.2, 0.25) is 5.91 Å². The molecule has 0 radical (unpaired) electrons. The van der Waals surface area contributed by atoms with E-state index in [1.54, 1.807) is 30.3 Å². The molecule has 4 nitrogen and oxygen atoms in total. The fourth-order valence-electron chi connectivity index (χ4n) is 5.31. The third-order valence-corrected chi connectivity index (χ3v) is 7.62. The molecule has 1 amide bonds. The minimum absolute atomic E-state index is 0.0253. The van der Waals surface area contributed by atoms with Crippen LogP contribution in [0.3, 0.4) is 0 Å². The zero-order valence-corrected chi connectivity index (χ0v) is 23.2. The number of nitrogens with one attached hydrogen (secondary N) is 2. The highest BCUT2D eigenvalue weighted by atomic mass is 35.5. The highest BCUT2D eigenvalue weighted by molar-refractivity contribution is 6.31. The molecule has 2 N–H and O–H groups in total. The number of nitrogens with zero attached hydrogens (tertiary/aromatic N) is 1. The van der Waals surface area contributed by atoms with E-state index in [4.69, 9.17) is 34.8 Å². The number of nitriles is 1. The van der Waals surface area contributed by atoms with Gasteiger partial charge in [-0.25, -0.2) is 8.78 Å². The number of amides is 1. The van der Waals surface area contributed by atoms with E-state index >= 15 is 8.78 Å². The third-order valence-electron chi connectivity index (χ3n) is 6.84. The average molecular weight is 577 g/mol. The lowest BCUT2D eigenvalue weighted by molar-refractivity contribution is -0.118. The van der Waals surface area contributed by atoms with Crippen LogP contribution in [-0.4, -0.2) is 18.0 Å². The van der Waals surface area contributed by atoms with E-state index in [9.17, 15) is 10.1 Å². The zero-order chi connectivity index (χ0) is 27.8. The molecule has 1 aliphatic heterocycles. The highest BCUT2D eigenvalue weighted by Crippen LogP contribution is 2.52. The van der Waals surface area contributed by atoms with Crippen molar-refractivity contribution in [1.29, 1.82) is 5.26 Å². The average Bonchev–Trinajstić information content (AvgIpc) is 3.15. The smallest absolute Gasteiger partial charge is 0.242 e. The molecule has 4 rings (SSSR count). The minimum atomic E-state index is -1.69. The molecule has 0 unspecified atom stereocenters. The van der Waals surface area contributed by atoms with E-state index in [-0.39, 0.29) is 26.6 Å². The topological polar surface area (TPSA) is 64.9 Å². The Kier molecular flexibility index (Phi) is 8.07. The van der Waals surface area contributed by atoms with Crippen molar-refractivity contribution in [3.05, 3.63) is 98.5 Å². The first-order valence-electron chi connectivity index (χ1n) is 12.0. The van der Waals surface area contributed by atoms with Crippen LogP contribution in [0.15, 0.2) is 60.7 Å². The molecule has 0 aliphatic carbocycles. The fraction of sp³-hybridized carbons (Fsp3) is 0.310. The Morgan fingerprint density at radius 2 is 1.71 bits per heavy atom. The Morgan fingerprint density at radius 3 is 2.32 bits per heavy atom. The van der Waals surface area contributed by atoms with E-state index in [1.165, 1.54) is 24.3 Å². The van der Waals surface area contributed by atoms with Crippen LogP contribution in [0.1, 0.15) is 44.2 Å². The van der Waals surface area contributed by atoms with Gasteiger partial charge in [0.15, 0.2) is 0 Å². The summed E-state index contributed by atoms with van der Waals surface area (Å²) in [6.07, 6.45) is 0.381. The number of hydrogen-bond acceptors (Lipinski definition) is 3. The summed E-state index contributed by atoms with van der Waals surface area (Å²) >= 11 is 18.2. The standard InChI is InChI=1S/C29H26Cl3F2N3O/c1-28(2,3)14-23-29(15-35,20-12-9-17(31)13-22(20)33)24(19-5-4-6-21(32)25(19)34)26(37-23)27(38)36-18-10-7-16(30)8-11-18/h4-13,23-24,26,37H,14H2,1-3H3,(H,36,38)/t23-,24-,26+,29-/m1/s1. The van der Waals surface area contributed by atoms with Crippen molar-refractivity contribution >= 4 is 46.4 Å².